The molecule has 0 heterocycles. The maximum Gasteiger partial charge on any atom is 0.0417 e. The fourth-order valence-electron chi connectivity index (χ4n) is 2.05. The number of aryl methyl sites for hydroxylation is 1. The molecule has 3 heteroatoms. The average molecular weight is 320 g/mol. The minimum Gasteiger partial charge on any atom is -0.310 e. The molecular formula is C18H22ClNS. The second kappa shape index (κ2) is 7.88. The maximum absolute atomic E-state index is 6.16. The summed E-state index contributed by atoms with van der Waals surface area (Å²) in [6, 6.07) is 15.2. The van der Waals surface area contributed by atoms with E-state index in [9.17, 15) is 0 Å². The Hall–Kier alpha value is -0.960. The van der Waals surface area contributed by atoms with Gasteiger partial charge < -0.3 is 5.32 Å². The first-order valence-corrected chi connectivity index (χ1v) is 8.61. The number of benzene rings is 2. The summed E-state index contributed by atoms with van der Waals surface area (Å²) in [6.45, 7) is 7.37. The largest absolute Gasteiger partial charge is 0.310 e. The quantitative estimate of drug-likeness (QED) is 0.712. The van der Waals surface area contributed by atoms with E-state index in [4.69, 9.17) is 11.6 Å². The van der Waals surface area contributed by atoms with Crippen molar-refractivity contribution in [2.24, 2.45) is 0 Å². The smallest absolute Gasteiger partial charge is 0.0417 e. The molecule has 0 radical (unpaired) electrons. The summed E-state index contributed by atoms with van der Waals surface area (Å²) in [5, 5.41) is 4.28. The van der Waals surface area contributed by atoms with Gasteiger partial charge in [0, 0.05) is 28.3 Å². The minimum atomic E-state index is 0.481. The van der Waals surface area contributed by atoms with E-state index in [0.717, 1.165) is 17.3 Å². The van der Waals surface area contributed by atoms with Crippen LogP contribution in [0.1, 0.15) is 30.5 Å². The Balaban J connectivity index is 2.11. The first-order valence-electron chi connectivity index (χ1n) is 7.25. The van der Waals surface area contributed by atoms with E-state index < -0.39 is 0 Å². The summed E-state index contributed by atoms with van der Waals surface area (Å²) in [4.78, 5) is 1.26. The van der Waals surface area contributed by atoms with Gasteiger partial charge in [0.1, 0.15) is 0 Å². The highest BCUT2D eigenvalue weighted by Gasteiger charge is 2.06. The number of halogens is 1. The van der Waals surface area contributed by atoms with Crippen LogP contribution in [0.3, 0.4) is 0 Å². The highest BCUT2D eigenvalue weighted by Crippen LogP contribution is 2.30. The van der Waals surface area contributed by atoms with Crippen LogP contribution < -0.4 is 5.32 Å². The third-order valence-electron chi connectivity index (χ3n) is 3.37. The van der Waals surface area contributed by atoms with Crippen LogP contribution in [0.4, 0.5) is 0 Å². The maximum atomic E-state index is 6.16. The molecule has 0 saturated heterocycles. The van der Waals surface area contributed by atoms with E-state index in [1.54, 1.807) is 0 Å². The van der Waals surface area contributed by atoms with Gasteiger partial charge in [0.2, 0.25) is 0 Å². The Morgan fingerprint density at radius 1 is 1.10 bits per heavy atom. The van der Waals surface area contributed by atoms with Crippen LogP contribution >= 0.6 is 23.4 Å². The number of hydrogen-bond donors (Lipinski definition) is 1. The van der Waals surface area contributed by atoms with Crippen LogP contribution in [0.5, 0.6) is 0 Å². The Labute approximate surface area is 137 Å². The van der Waals surface area contributed by atoms with Crippen molar-refractivity contribution in [3.05, 3.63) is 64.2 Å². The molecule has 21 heavy (non-hydrogen) atoms. The Morgan fingerprint density at radius 3 is 2.57 bits per heavy atom. The second-order valence-electron chi connectivity index (χ2n) is 5.50. The Morgan fingerprint density at radius 2 is 1.86 bits per heavy atom. The van der Waals surface area contributed by atoms with Crippen LogP contribution in [-0.2, 0) is 12.3 Å². The Kier molecular flexibility index (Phi) is 6.16. The van der Waals surface area contributed by atoms with Crippen molar-refractivity contribution in [3.63, 3.8) is 0 Å². The third-order valence-corrected chi connectivity index (χ3v) is 4.76. The van der Waals surface area contributed by atoms with Crippen LogP contribution in [0, 0.1) is 6.92 Å². The molecule has 0 saturated carbocycles. The van der Waals surface area contributed by atoms with Gasteiger partial charge in [-0.1, -0.05) is 55.8 Å². The fraction of sp³-hybridized carbons (Fsp3) is 0.333. The molecule has 1 nitrogen and oxygen atoms in total. The van der Waals surface area contributed by atoms with Crippen molar-refractivity contribution in [2.75, 3.05) is 0 Å². The van der Waals surface area contributed by atoms with Crippen LogP contribution in [0.2, 0.25) is 5.02 Å². The molecule has 0 bridgehead atoms. The van der Waals surface area contributed by atoms with Gasteiger partial charge in [0.15, 0.2) is 0 Å². The monoisotopic (exact) mass is 319 g/mol. The molecule has 112 valence electrons. The number of nitrogens with one attached hydrogen (secondary N) is 1. The zero-order valence-corrected chi connectivity index (χ0v) is 14.4. The normalized spacial score (nSPS) is 11.1. The van der Waals surface area contributed by atoms with Crippen LogP contribution in [-0.4, -0.2) is 6.04 Å². The van der Waals surface area contributed by atoms with E-state index in [2.05, 4.69) is 62.5 Å². The van der Waals surface area contributed by atoms with Gasteiger partial charge in [-0.3, -0.25) is 0 Å². The van der Waals surface area contributed by atoms with E-state index in [1.165, 1.54) is 21.6 Å². The molecule has 1 N–H and O–H groups in total. The highest BCUT2D eigenvalue weighted by molar-refractivity contribution is 7.98. The summed E-state index contributed by atoms with van der Waals surface area (Å²) in [7, 11) is 0. The summed E-state index contributed by atoms with van der Waals surface area (Å²) in [5.41, 5.74) is 4.03. The van der Waals surface area contributed by atoms with Gasteiger partial charge in [0.05, 0.1) is 0 Å². The topological polar surface area (TPSA) is 12.0 Å². The van der Waals surface area contributed by atoms with Crippen molar-refractivity contribution in [2.45, 2.75) is 44.0 Å². The Bertz CT molecular complexity index is 596. The molecule has 0 unspecified atom stereocenters. The van der Waals surface area contributed by atoms with Crippen molar-refractivity contribution < 1.29 is 0 Å². The molecule has 0 aliphatic rings. The van der Waals surface area contributed by atoms with Gasteiger partial charge in [-0.25, -0.2) is 0 Å². The molecule has 2 aromatic carbocycles. The lowest BCUT2D eigenvalue weighted by molar-refractivity contribution is 0.585. The summed E-state index contributed by atoms with van der Waals surface area (Å²) in [5.74, 6) is 0.974. The molecule has 0 atom stereocenters. The van der Waals surface area contributed by atoms with Crippen molar-refractivity contribution in [3.8, 4) is 0 Å². The van der Waals surface area contributed by atoms with Crippen molar-refractivity contribution in [1.29, 1.82) is 0 Å². The van der Waals surface area contributed by atoms with E-state index >= 15 is 0 Å². The SMILES string of the molecule is Cc1ccccc1CSc1cc(Cl)ccc1CNC(C)C. The minimum absolute atomic E-state index is 0.481. The summed E-state index contributed by atoms with van der Waals surface area (Å²) >= 11 is 8.01. The molecule has 0 amide bonds. The summed E-state index contributed by atoms with van der Waals surface area (Å²) in [6.07, 6.45) is 0. The molecule has 0 aromatic heterocycles. The predicted molar refractivity (Wildman–Crippen MR) is 94.2 cm³/mol. The van der Waals surface area contributed by atoms with Crippen molar-refractivity contribution in [1.82, 2.24) is 5.32 Å². The average Bonchev–Trinajstić information content (AvgIpc) is 2.45. The molecule has 0 aliphatic carbocycles. The number of rotatable bonds is 6. The van der Waals surface area contributed by atoms with Gasteiger partial charge >= 0.3 is 0 Å². The summed E-state index contributed by atoms with van der Waals surface area (Å²) < 4.78 is 0. The van der Waals surface area contributed by atoms with Gasteiger partial charge in [-0.15, -0.1) is 11.8 Å². The number of hydrogen-bond acceptors (Lipinski definition) is 2. The lowest BCUT2D eigenvalue weighted by atomic mass is 10.1. The van der Waals surface area contributed by atoms with Gasteiger partial charge in [-0.05, 0) is 35.7 Å². The molecule has 2 rings (SSSR count). The standard InChI is InChI=1S/C18H22ClNS/c1-13(2)20-11-15-8-9-17(19)10-18(15)21-12-16-7-5-4-6-14(16)3/h4-10,13,20H,11-12H2,1-3H3. The predicted octanol–water partition coefficient (Wildman–Crippen LogP) is 5.44. The molecular weight excluding hydrogens is 298 g/mol. The third kappa shape index (κ3) is 5.06. The molecule has 0 aliphatic heterocycles. The molecule has 0 spiro atoms. The van der Waals surface area contributed by atoms with E-state index in [1.807, 2.05) is 17.8 Å². The zero-order chi connectivity index (χ0) is 15.2. The van der Waals surface area contributed by atoms with Gasteiger partial charge in [0.25, 0.3) is 0 Å². The van der Waals surface area contributed by atoms with Crippen LogP contribution in [0.15, 0.2) is 47.4 Å². The first kappa shape index (κ1) is 16.4. The molecule has 2 aromatic rings. The lowest BCUT2D eigenvalue weighted by Crippen LogP contribution is -2.22. The first-order chi connectivity index (χ1) is 10.1. The van der Waals surface area contributed by atoms with Crippen LogP contribution in [0.25, 0.3) is 0 Å². The van der Waals surface area contributed by atoms with Gasteiger partial charge in [-0.2, -0.15) is 0 Å². The van der Waals surface area contributed by atoms with Crippen molar-refractivity contribution >= 4 is 23.4 Å². The van der Waals surface area contributed by atoms with E-state index in [0.29, 0.717) is 6.04 Å². The second-order valence-corrected chi connectivity index (χ2v) is 6.96. The molecule has 0 fully saturated rings. The highest BCUT2D eigenvalue weighted by atomic mass is 35.5. The lowest BCUT2D eigenvalue weighted by Gasteiger charge is -2.13. The number of thioether (sulfide) groups is 1. The zero-order valence-electron chi connectivity index (χ0n) is 12.8. The fourth-order valence-corrected chi connectivity index (χ4v) is 3.46. The van der Waals surface area contributed by atoms with E-state index in [-0.39, 0.29) is 0 Å².